The predicted molar refractivity (Wildman–Crippen MR) is 40.5 cm³/mol. The molecule has 0 aliphatic heterocycles. The van der Waals surface area contributed by atoms with E-state index in [9.17, 15) is 14.0 Å². The number of halogens is 1. The third kappa shape index (κ3) is 3.43. The summed E-state index contributed by atoms with van der Waals surface area (Å²) in [6.45, 7) is -1.07. The summed E-state index contributed by atoms with van der Waals surface area (Å²) in [4.78, 5) is 21.4. The number of nitrogens with one attached hydrogen (secondary N) is 1. The molecule has 0 amide bonds. The summed E-state index contributed by atoms with van der Waals surface area (Å²) in [7, 11) is 2.70. The van der Waals surface area contributed by atoms with Crippen LogP contribution in [-0.2, 0) is 14.3 Å². The molecule has 0 rings (SSSR count). The Morgan fingerprint density at radius 2 is 2.17 bits per heavy atom. The number of ether oxygens (including phenoxy) is 1. The van der Waals surface area contributed by atoms with Crippen molar-refractivity contribution < 1.29 is 18.7 Å². The van der Waals surface area contributed by atoms with E-state index in [2.05, 4.69) is 10.1 Å². The fraction of sp³-hybridized carbons (Fsp3) is 0.714. The van der Waals surface area contributed by atoms with Crippen LogP contribution in [0.4, 0.5) is 4.39 Å². The zero-order valence-corrected chi connectivity index (χ0v) is 7.09. The van der Waals surface area contributed by atoms with Gasteiger partial charge in [0.05, 0.1) is 19.6 Å². The molecule has 0 heterocycles. The number of rotatable bonds is 5. The maximum atomic E-state index is 11.8. The van der Waals surface area contributed by atoms with Gasteiger partial charge in [0.15, 0.2) is 5.78 Å². The lowest BCUT2D eigenvalue weighted by Crippen LogP contribution is -2.37. The van der Waals surface area contributed by atoms with E-state index in [4.69, 9.17) is 0 Å². The Hall–Kier alpha value is -0.970. The quantitative estimate of drug-likeness (QED) is 0.584. The van der Waals surface area contributed by atoms with Gasteiger partial charge in [0.25, 0.3) is 0 Å². The van der Waals surface area contributed by atoms with Gasteiger partial charge in [-0.2, -0.15) is 0 Å². The number of hydrogen-bond donors (Lipinski definition) is 1. The number of alkyl halides is 1. The van der Waals surface area contributed by atoms with Gasteiger partial charge >= 0.3 is 5.97 Å². The van der Waals surface area contributed by atoms with Crippen LogP contribution < -0.4 is 5.32 Å². The first-order valence-electron chi connectivity index (χ1n) is 3.48. The largest absolute Gasteiger partial charge is 0.469 e. The fourth-order valence-electron chi connectivity index (χ4n) is 0.720. The van der Waals surface area contributed by atoms with Crippen molar-refractivity contribution in [2.24, 2.45) is 0 Å². The highest BCUT2D eigenvalue weighted by Gasteiger charge is 2.19. The Morgan fingerprint density at radius 3 is 2.50 bits per heavy atom. The molecule has 70 valence electrons. The molecule has 1 atom stereocenters. The van der Waals surface area contributed by atoms with Crippen LogP contribution in [0.3, 0.4) is 0 Å². The van der Waals surface area contributed by atoms with Crippen LogP contribution in [0.15, 0.2) is 0 Å². The topological polar surface area (TPSA) is 55.4 Å². The molecule has 0 radical (unpaired) electrons. The fourth-order valence-corrected chi connectivity index (χ4v) is 0.720. The zero-order valence-electron chi connectivity index (χ0n) is 7.09. The van der Waals surface area contributed by atoms with Crippen molar-refractivity contribution in [3.05, 3.63) is 0 Å². The van der Waals surface area contributed by atoms with Gasteiger partial charge in [-0.05, 0) is 7.05 Å². The van der Waals surface area contributed by atoms with Gasteiger partial charge in [-0.1, -0.05) is 0 Å². The van der Waals surface area contributed by atoms with E-state index >= 15 is 0 Å². The molecule has 0 aliphatic carbocycles. The van der Waals surface area contributed by atoms with Crippen molar-refractivity contribution in [3.8, 4) is 0 Å². The number of methoxy groups -OCH3 is 1. The first-order valence-corrected chi connectivity index (χ1v) is 3.48. The molecule has 1 unspecified atom stereocenters. The lowest BCUT2D eigenvalue weighted by Gasteiger charge is -2.10. The molecule has 12 heavy (non-hydrogen) atoms. The van der Waals surface area contributed by atoms with Gasteiger partial charge < -0.3 is 10.1 Å². The van der Waals surface area contributed by atoms with Crippen LogP contribution >= 0.6 is 0 Å². The summed E-state index contributed by atoms with van der Waals surface area (Å²) in [6, 6.07) is -0.776. The second kappa shape index (κ2) is 5.65. The van der Waals surface area contributed by atoms with Crippen LogP contribution in [0.2, 0.25) is 0 Å². The van der Waals surface area contributed by atoms with Crippen molar-refractivity contribution in [1.82, 2.24) is 5.32 Å². The molecule has 0 aromatic heterocycles. The smallest absolute Gasteiger partial charge is 0.307 e. The van der Waals surface area contributed by atoms with E-state index in [1.165, 1.54) is 14.2 Å². The van der Waals surface area contributed by atoms with Gasteiger partial charge in [0.1, 0.15) is 6.67 Å². The monoisotopic (exact) mass is 177 g/mol. The maximum absolute atomic E-state index is 11.8. The highest BCUT2D eigenvalue weighted by molar-refractivity contribution is 5.89. The first-order chi connectivity index (χ1) is 5.65. The summed E-state index contributed by atoms with van der Waals surface area (Å²) in [5.41, 5.74) is 0. The number of hydrogen-bond acceptors (Lipinski definition) is 4. The maximum Gasteiger partial charge on any atom is 0.307 e. The molecule has 0 bridgehead atoms. The molecule has 0 fully saturated rings. The Kier molecular flexibility index (Phi) is 5.19. The molecular weight excluding hydrogens is 165 g/mol. The standard InChI is InChI=1S/C7H12FNO3/c1-9-5(6(10)4-8)3-7(11)12-2/h5,9H,3-4H2,1-2H3. The summed E-state index contributed by atoms with van der Waals surface area (Å²) < 4.78 is 16.2. The number of esters is 1. The summed E-state index contributed by atoms with van der Waals surface area (Å²) >= 11 is 0. The first kappa shape index (κ1) is 11.0. The third-order valence-corrected chi connectivity index (χ3v) is 1.47. The van der Waals surface area contributed by atoms with Gasteiger partial charge in [0, 0.05) is 0 Å². The summed E-state index contributed by atoms with van der Waals surface area (Å²) in [5, 5.41) is 2.53. The minimum Gasteiger partial charge on any atom is -0.469 e. The normalized spacial score (nSPS) is 12.2. The molecule has 0 saturated heterocycles. The highest BCUT2D eigenvalue weighted by Crippen LogP contribution is 1.96. The number of likely N-dealkylation sites (N-methyl/N-ethyl adjacent to an activating group) is 1. The summed E-state index contributed by atoms with van der Waals surface area (Å²) in [5.74, 6) is -1.17. The minimum atomic E-state index is -1.07. The molecule has 4 nitrogen and oxygen atoms in total. The van der Waals surface area contributed by atoms with Crippen LogP contribution in [0.5, 0.6) is 0 Å². The number of ketones is 1. The average molecular weight is 177 g/mol. The highest BCUT2D eigenvalue weighted by atomic mass is 19.1. The third-order valence-electron chi connectivity index (χ3n) is 1.47. The molecule has 0 aromatic rings. The van der Waals surface area contributed by atoms with E-state index in [0.29, 0.717) is 0 Å². The second-order valence-electron chi connectivity index (χ2n) is 2.22. The molecule has 1 N–H and O–H groups in total. The van der Waals surface area contributed by atoms with Crippen molar-refractivity contribution in [1.29, 1.82) is 0 Å². The van der Waals surface area contributed by atoms with Gasteiger partial charge in [-0.15, -0.1) is 0 Å². The van der Waals surface area contributed by atoms with Crippen LogP contribution in [0.1, 0.15) is 6.42 Å². The van der Waals surface area contributed by atoms with Gasteiger partial charge in [-0.3, -0.25) is 9.59 Å². The van der Waals surface area contributed by atoms with E-state index < -0.39 is 24.5 Å². The number of carbonyl (C=O) groups excluding carboxylic acids is 2. The second-order valence-corrected chi connectivity index (χ2v) is 2.22. The summed E-state index contributed by atoms with van der Waals surface area (Å²) in [6.07, 6.45) is -0.129. The van der Waals surface area contributed by atoms with E-state index in [1.54, 1.807) is 0 Å². The van der Waals surface area contributed by atoms with Gasteiger partial charge in [-0.25, -0.2) is 4.39 Å². The zero-order chi connectivity index (χ0) is 9.56. The van der Waals surface area contributed by atoms with E-state index in [-0.39, 0.29) is 6.42 Å². The van der Waals surface area contributed by atoms with Crippen molar-refractivity contribution in [2.75, 3.05) is 20.8 Å². The van der Waals surface area contributed by atoms with Crippen LogP contribution in [-0.4, -0.2) is 38.6 Å². The number of Topliss-reactive ketones (excluding diaryl/α,β-unsaturated/α-hetero) is 1. The lowest BCUT2D eigenvalue weighted by molar-refractivity contribution is -0.142. The Bertz CT molecular complexity index is 172. The van der Waals surface area contributed by atoms with Crippen molar-refractivity contribution in [2.45, 2.75) is 12.5 Å². The number of carbonyl (C=O) groups is 2. The van der Waals surface area contributed by atoms with E-state index in [1.807, 2.05) is 0 Å². The average Bonchev–Trinajstić information content (AvgIpc) is 2.12. The van der Waals surface area contributed by atoms with Gasteiger partial charge in [0.2, 0.25) is 0 Å². The van der Waals surface area contributed by atoms with Crippen LogP contribution in [0, 0.1) is 0 Å². The Morgan fingerprint density at radius 1 is 1.58 bits per heavy atom. The Balaban J connectivity index is 3.99. The molecule has 0 saturated carbocycles. The molecule has 5 heteroatoms. The van der Waals surface area contributed by atoms with Crippen molar-refractivity contribution in [3.63, 3.8) is 0 Å². The minimum absolute atomic E-state index is 0.129. The Labute approximate surface area is 70.1 Å². The SMILES string of the molecule is CNC(CC(=O)OC)C(=O)CF. The molecule has 0 spiro atoms. The lowest BCUT2D eigenvalue weighted by atomic mass is 10.1. The molecule has 0 aliphatic rings. The molecular formula is C7H12FNO3. The van der Waals surface area contributed by atoms with Crippen molar-refractivity contribution >= 4 is 11.8 Å². The molecule has 0 aromatic carbocycles. The van der Waals surface area contributed by atoms with E-state index in [0.717, 1.165) is 0 Å². The van der Waals surface area contributed by atoms with Crippen LogP contribution in [0.25, 0.3) is 0 Å². The predicted octanol–water partition coefficient (Wildman–Crippen LogP) is -0.324.